The number of rotatable bonds is 8. The normalized spacial score (nSPS) is 14.1. The second-order valence-corrected chi connectivity index (χ2v) is 6.78. The van der Waals surface area contributed by atoms with Crippen molar-refractivity contribution in [3.8, 4) is 5.75 Å². The molecule has 0 saturated heterocycles. The fourth-order valence-corrected chi connectivity index (χ4v) is 3.45. The standard InChI is InChI=1S/C21H23N5O4/c1-3-30-17(27)5-4-9-23-21-25-14-7-6-13-18(19(14)26-21)12(20(28)24-13)11-15-16(29-2)8-10-22-15/h6-8,10-11,22H,3-5,9H2,1-2H3,(H,24,28)(H2,23,25,26)/b12-11-. The summed E-state index contributed by atoms with van der Waals surface area (Å²) in [6, 6.07) is 5.53. The summed E-state index contributed by atoms with van der Waals surface area (Å²) >= 11 is 0. The van der Waals surface area contributed by atoms with Crippen LogP contribution in [0.3, 0.4) is 0 Å². The number of hydrogen-bond donors (Lipinski definition) is 4. The molecular weight excluding hydrogens is 386 g/mol. The summed E-state index contributed by atoms with van der Waals surface area (Å²) in [5, 5.41) is 6.08. The van der Waals surface area contributed by atoms with Gasteiger partial charge in [-0.2, -0.15) is 0 Å². The van der Waals surface area contributed by atoms with Gasteiger partial charge in [0.05, 0.1) is 36.2 Å². The molecule has 9 nitrogen and oxygen atoms in total. The maximum absolute atomic E-state index is 12.6. The van der Waals surface area contributed by atoms with Gasteiger partial charge in [0.25, 0.3) is 5.91 Å². The number of nitrogens with one attached hydrogen (secondary N) is 4. The van der Waals surface area contributed by atoms with Crippen molar-refractivity contribution in [1.82, 2.24) is 15.0 Å². The number of benzene rings is 1. The van der Waals surface area contributed by atoms with E-state index in [-0.39, 0.29) is 11.9 Å². The van der Waals surface area contributed by atoms with Crippen molar-refractivity contribution in [2.45, 2.75) is 19.8 Å². The summed E-state index contributed by atoms with van der Waals surface area (Å²) in [6.07, 6.45) is 4.50. The topological polar surface area (TPSA) is 121 Å². The maximum atomic E-state index is 12.6. The number of methoxy groups -OCH3 is 1. The van der Waals surface area contributed by atoms with Gasteiger partial charge in [-0.3, -0.25) is 9.59 Å². The zero-order valence-electron chi connectivity index (χ0n) is 16.8. The first kappa shape index (κ1) is 19.6. The van der Waals surface area contributed by atoms with Crippen molar-refractivity contribution in [2.75, 3.05) is 30.9 Å². The first-order valence-corrected chi connectivity index (χ1v) is 9.77. The molecule has 0 fully saturated rings. The summed E-state index contributed by atoms with van der Waals surface area (Å²) in [7, 11) is 1.58. The number of esters is 1. The Morgan fingerprint density at radius 2 is 2.17 bits per heavy atom. The third-order valence-electron chi connectivity index (χ3n) is 4.82. The molecule has 1 aliphatic heterocycles. The number of hydrogen-bond acceptors (Lipinski definition) is 6. The van der Waals surface area contributed by atoms with Crippen LogP contribution >= 0.6 is 0 Å². The number of carbonyl (C=O) groups is 2. The van der Waals surface area contributed by atoms with E-state index in [1.807, 2.05) is 12.1 Å². The molecule has 0 bridgehead atoms. The van der Waals surface area contributed by atoms with Gasteiger partial charge >= 0.3 is 5.97 Å². The van der Waals surface area contributed by atoms with Crippen LogP contribution in [0.2, 0.25) is 0 Å². The Morgan fingerprint density at radius 1 is 1.30 bits per heavy atom. The third-order valence-corrected chi connectivity index (χ3v) is 4.82. The van der Waals surface area contributed by atoms with E-state index in [1.165, 1.54) is 0 Å². The van der Waals surface area contributed by atoms with Gasteiger partial charge in [0.1, 0.15) is 11.3 Å². The van der Waals surface area contributed by atoms with Crippen LogP contribution in [0.15, 0.2) is 24.4 Å². The largest absolute Gasteiger partial charge is 0.495 e. The highest BCUT2D eigenvalue weighted by Gasteiger charge is 2.28. The number of ether oxygens (including phenoxy) is 2. The van der Waals surface area contributed by atoms with Gasteiger partial charge in [0.2, 0.25) is 5.95 Å². The summed E-state index contributed by atoms with van der Waals surface area (Å²) in [6.45, 7) is 2.75. The number of nitrogens with zero attached hydrogens (tertiary/aromatic N) is 1. The number of aromatic nitrogens is 3. The van der Waals surface area contributed by atoms with Crippen LogP contribution in [-0.2, 0) is 14.3 Å². The molecule has 3 aromatic rings. The molecule has 0 unspecified atom stereocenters. The summed E-state index contributed by atoms with van der Waals surface area (Å²) in [5.41, 5.74) is 4.17. The van der Waals surface area contributed by atoms with E-state index < -0.39 is 0 Å². The van der Waals surface area contributed by atoms with Crippen LogP contribution in [0.5, 0.6) is 5.75 Å². The molecule has 0 saturated carbocycles. The molecule has 0 atom stereocenters. The molecule has 2 aromatic heterocycles. The van der Waals surface area contributed by atoms with Gasteiger partial charge in [-0.1, -0.05) is 0 Å². The lowest BCUT2D eigenvalue weighted by Gasteiger charge is -2.03. The van der Waals surface area contributed by atoms with Gasteiger partial charge in [-0.25, -0.2) is 4.98 Å². The molecule has 1 amide bonds. The lowest BCUT2D eigenvalue weighted by atomic mass is 10.0. The van der Waals surface area contributed by atoms with Crippen molar-refractivity contribution in [2.24, 2.45) is 0 Å². The van der Waals surface area contributed by atoms with E-state index >= 15 is 0 Å². The summed E-state index contributed by atoms with van der Waals surface area (Å²) < 4.78 is 10.3. The van der Waals surface area contributed by atoms with Crippen LogP contribution in [0.4, 0.5) is 11.6 Å². The zero-order valence-corrected chi connectivity index (χ0v) is 16.8. The van der Waals surface area contributed by atoms with E-state index in [2.05, 4.69) is 25.6 Å². The molecule has 156 valence electrons. The number of carbonyl (C=O) groups excluding carboxylic acids is 2. The summed E-state index contributed by atoms with van der Waals surface area (Å²) in [4.78, 5) is 35.0. The van der Waals surface area contributed by atoms with Crippen LogP contribution in [0, 0.1) is 0 Å². The Bertz CT molecular complexity index is 1130. The lowest BCUT2D eigenvalue weighted by Crippen LogP contribution is -2.08. The highest BCUT2D eigenvalue weighted by molar-refractivity contribution is 6.37. The minimum Gasteiger partial charge on any atom is -0.495 e. The van der Waals surface area contributed by atoms with Gasteiger partial charge in [0.15, 0.2) is 0 Å². The van der Waals surface area contributed by atoms with Gasteiger partial charge in [-0.05, 0) is 37.6 Å². The SMILES string of the molecule is CCOC(=O)CCCNc1nc2c3c(ccc2[nH]1)NC(=O)/C3=C\c1[nH]ccc1OC. The van der Waals surface area contributed by atoms with E-state index in [0.29, 0.717) is 60.2 Å². The van der Waals surface area contributed by atoms with Crippen LogP contribution in [0.1, 0.15) is 31.0 Å². The molecule has 1 aliphatic rings. The van der Waals surface area contributed by atoms with Crippen LogP contribution in [0.25, 0.3) is 22.7 Å². The van der Waals surface area contributed by atoms with E-state index in [1.54, 1.807) is 32.4 Å². The Labute approximate surface area is 172 Å². The minimum atomic E-state index is -0.208. The van der Waals surface area contributed by atoms with Crippen LogP contribution < -0.4 is 15.4 Å². The second kappa shape index (κ2) is 8.32. The smallest absolute Gasteiger partial charge is 0.305 e. The van der Waals surface area contributed by atoms with Gasteiger partial charge < -0.3 is 30.1 Å². The molecule has 30 heavy (non-hydrogen) atoms. The molecule has 0 spiro atoms. The predicted molar refractivity (Wildman–Crippen MR) is 114 cm³/mol. The first-order chi connectivity index (χ1) is 14.6. The number of aromatic amines is 2. The Morgan fingerprint density at radius 3 is 2.97 bits per heavy atom. The monoisotopic (exact) mass is 409 g/mol. The third kappa shape index (κ3) is 3.73. The summed E-state index contributed by atoms with van der Waals surface area (Å²) in [5.74, 6) is 0.835. The highest BCUT2D eigenvalue weighted by Crippen LogP contribution is 2.39. The number of anilines is 2. The average Bonchev–Trinajstić information content (AvgIpc) is 3.42. The number of amides is 1. The van der Waals surface area contributed by atoms with Crippen molar-refractivity contribution in [3.63, 3.8) is 0 Å². The van der Waals surface area contributed by atoms with E-state index in [9.17, 15) is 9.59 Å². The average molecular weight is 409 g/mol. The molecule has 1 aromatic carbocycles. The first-order valence-electron chi connectivity index (χ1n) is 9.77. The number of imidazole rings is 1. The second-order valence-electron chi connectivity index (χ2n) is 6.78. The molecule has 9 heteroatoms. The Hall–Kier alpha value is -3.75. The molecule has 0 radical (unpaired) electrons. The van der Waals surface area contributed by atoms with Crippen LogP contribution in [-0.4, -0.2) is 47.1 Å². The Balaban J connectivity index is 1.58. The number of fused-ring (bicyclic) bond motifs is 3. The molecule has 0 aliphatic carbocycles. The molecule has 4 N–H and O–H groups in total. The zero-order chi connectivity index (χ0) is 21.1. The van der Waals surface area contributed by atoms with Gasteiger partial charge in [0, 0.05) is 24.7 Å². The number of H-pyrrole nitrogens is 2. The quantitative estimate of drug-likeness (QED) is 0.258. The lowest BCUT2D eigenvalue weighted by molar-refractivity contribution is -0.143. The van der Waals surface area contributed by atoms with E-state index in [0.717, 1.165) is 11.1 Å². The maximum Gasteiger partial charge on any atom is 0.305 e. The Kier molecular flexibility index (Phi) is 5.42. The van der Waals surface area contributed by atoms with E-state index in [4.69, 9.17) is 9.47 Å². The van der Waals surface area contributed by atoms with Crippen molar-refractivity contribution in [1.29, 1.82) is 0 Å². The van der Waals surface area contributed by atoms with Crippen molar-refractivity contribution in [3.05, 3.63) is 35.7 Å². The molecule has 3 heterocycles. The van der Waals surface area contributed by atoms with Crippen molar-refractivity contribution >= 4 is 46.2 Å². The van der Waals surface area contributed by atoms with Gasteiger partial charge in [-0.15, -0.1) is 0 Å². The predicted octanol–water partition coefficient (Wildman–Crippen LogP) is 3.15. The molecular formula is C21H23N5O4. The fourth-order valence-electron chi connectivity index (χ4n) is 3.45. The van der Waals surface area contributed by atoms with Crippen molar-refractivity contribution < 1.29 is 19.1 Å². The highest BCUT2D eigenvalue weighted by atomic mass is 16.5. The molecule has 4 rings (SSSR count). The fraction of sp³-hybridized carbons (Fsp3) is 0.286. The minimum absolute atomic E-state index is 0.193.